The molecule has 3 rings (SSSR count). The Morgan fingerprint density at radius 3 is 2.94 bits per heavy atom. The highest BCUT2D eigenvalue weighted by Crippen LogP contribution is 2.21. The maximum atomic E-state index is 11.1. The molecule has 0 aromatic carbocycles. The van der Waals surface area contributed by atoms with Crippen LogP contribution in [0.25, 0.3) is 16.2 Å². The van der Waals surface area contributed by atoms with Crippen molar-refractivity contribution in [3.63, 3.8) is 0 Å². The Hall–Kier alpha value is -2.28. The third-order valence-corrected chi connectivity index (χ3v) is 2.99. The molecule has 6 nitrogen and oxygen atoms in total. The number of fused-ring (bicyclic) bond motifs is 1. The fourth-order valence-corrected chi connectivity index (χ4v) is 2.16. The number of aromatic nitrogens is 4. The first-order valence-corrected chi connectivity index (χ1v) is 5.62. The van der Waals surface area contributed by atoms with Crippen LogP contribution in [0.5, 0.6) is 0 Å². The van der Waals surface area contributed by atoms with Crippen molar-refractivity contribution >= 4 is 28.3 Å². The van der Waals surface area contributed by atoms with Gasteiger partial charge in [-0.1, -0.05) is 0 Å². The van der Waals surface area contributed by atoms with E-state index in [0.717, 1.165) is 0 Å². The number of pyridine rings is 1. The molecule has 84 valence electrons. The summed E-state index contributed by atoms with van der Waals surface area (Å²) in [5, 5.41) is 16.0. The van der Waals surface area contributed by atoms with Crippen molar-refractivity contribution in [1.82, 2.24) is 19.7 Å². The number of hydrogen-bond donors (Lipinski definition) is 1. The smallest absolute Gasteiger partial charge is 0.357 e. The van der Waals surface area contributed by atoms with Crippen LogP contribution in [0, 0.1) is 0 Å². The van der Waals surface area contributed by atoms with Gasteiger partial charge in [0.2, 0.25) is 5.13 Å². The highest BCUT2D eigenvalue weighted by molar-refractivity contribution is 7.12. The van der Waals surface area contributed by atoms with Gasteiger partial charge >= 0.3 is 5.97 Å². The number of nitrogens with zero attached hydrogens (tertiary/aromatic N) is 4. The molecule has 0 bridgehead atoms. The molecule has 0 atom stereocenters. The Bertz CT molecular complexity index is 689. The first kappa shape index (κ1) is 9.91. The monoisotopic (exact) mass is 246 g/mol. The van der Waals surface area contributed by atoms with E-state index in [4.69, 9.17) is 5.11 Å². The number of carboxylic acid groups (broad SMARTS) is 1. The number of carboxylic acids is 1. The van der Waals surface area contributed by atoms with Crippen molar-refractivity contribution in [1.29, 1.82) is 0 Å². The van der Waals surface area contributed by atoms with Gasteiger partial charge in [-0.2, -0.15) is 9.78 Å². The van der Waals surface area contributed by atoms with Crippen molar-refractivity contribution < 1.29 is 9.90 Å². The molecule has 0 saturated carbocycles. The second-order valence-corrected chi connectivity index (χ2v) is 4.13. The van der Waals surface area contributed by atoms with E-state index in [1.165, 1.54) is 16.0 Å². The van der Waals surface area contributed by atoms with E-state index < -0.39 is 5.97 Å². The zero-order valence-corrected chi connectivity index (χ0v) is 9.26. The van der Waals surface area contributed by atoms with Gasteiger partial charge in [0.1, 0.15) is 0 Å². The van der Waals surface area contributed by atoms with Gasteiger partial charge in [0.15, 0.2) is 11.3 Å². The van der Waals surface area contributed by atoms with Crippen LogP contribution in [0.4, 0.5) is 0 Å². The molecular weight excluding hydrogens is 240 g/mol. The van der Waals surface area contributed by atoms with E-state index in [2.05, 4.69) is 15.1 Å². The number of rotatable bonds is 2. The van der Waals surface area contributed by atoms with Gasteiger partial charge in [-0.3, -0.25) is 0 Å². The zero-order valence-electron chi connectivity index (χ0n) is 8.44. The number of thiazole rings is 1. The number of carbonyl (C=O) groups is 1. The van der Waals surface area contributed by atoms with Crippen LogP contribution in [0.3, 0.4) is 0 Å². The Balaban J connectivity index is 2.37. The third kappa shape index (κ3) is 1.48. The van der Waals surface area contributed by atoms with Gasteiger partial charge in [0.25, 0.3) is 0 Å². The van der Waals surface area contributed by atoms with Crippen molar-refractivity contribution in [2.24, 2.45) is 0 Å². The Labute approximate surface area is 99.2 Å². The fraction of sp³-hybridized carbons (Fsp3) is 0. The molecule has 7 heteroatoms. The lowest BCUT2D eigenvalue weighted by Gasteiger charge is -1.94. The zero-order chi connectivity index (χ0) is 11.8. The van der Waals surface area contributed by atoms with Crippen molar-refractivity contribution in [3.8, 4) is 5.13 Å². The molecule has 3 heterocycles. The average Bonchev–Trinajstić information content (AvgIpc) is 2.95. The van der Waals surface area contributed by atoms with E-state index in [9.17, 15) is 4.79 Å². The summed E-state index contributed by atoms with van der Waals surface area (Å²) in [7, 11) is 0. The maximum absolute atomic E-state index is 11.1. The predicted molar refractivity (Wildman–Crippen MR) is 61.5 cm³/mol. The van der Waals surface area contributed by atoms with E-state index in [-0.39, 0.29) is 5.69 Å². The standard InChI is InChI=1S/C10H6N4O2S/c15-9(16)7-6-2-1-3-11-8(6)14(13-7)10-12-4-5-17-10/h1-5H,(H,15,16). The average molecular weight is 246 g/mol. The van der Waals surface area contributed by atoms with Crippen LogP contribution >= 0.6 is 11.3 Å². The molecule has 0 aliphatic heterocycles. The lowest BCUT2D eigenvalue weighted by molar-refractivity contribution is 0.0692. The van der Waals surface area contributed by atoms with Crippen LogP contribution in [0.1, 0.15) is 10.5 Å². The summed E-state index contributed by atoms with van der Waals surface area (Å²) in [5.74, 6) is -1.07. The first-order valence-electron chi connectivity index (χ1n) is 4.74. The second kappa shape index (κ2) is 3.63. The van der Waals surface area contributed by atoms with Crippen molar-refractivity contribution in [2.75, 3.05) is 0 Å². The molecule has 0 amide bonds. The molecule has 0 fully saturated rings. The molecule has 0 aliphatic rings. The summed E-state index contributed by atoms with van der Waals surface area (Å²) in [6.45, 7) is 0. The van der Waals surface area contributed by atoms with Gasteiger partial charge < -0.3 is 5.11 Å². The van der Waals surface area contributed by atoms with Gasteiger partial charge in [-0.25, -0.2) is 14.8 Å². The summed E-state index contributed by atoms with van der Waals surface area (Å²) < 4.78 is 1.45. The van der Waals surface area contributed by atoms with Crippen molar-refractivity contribution in [3.05, 3.63) is 35.6 Å². The van der Waals surface area contributed by atoms with E-state index in [0.29, 0.717) is 16.2 Å². The summed E-state index contributed by atoms with van der Waals surface area (Å²) >= 11 is 1.37. The van der Waals surface area contributed by atoms with Gasteiger partial charge in [-0.15, -0.1) is 11.3 Å². The first-order chi connectivity index (χ1) is 8.27. The predicted octanol–water partition coefficient (Wildman–Crippen LogP) is 1.58. The van der Waals surface area contributed by atoms with Gasteiger partial charge in [0, 0.05) is 17.8 Å². The van der Waals surface area contributed by atoms with Crippen LogP contribution in [-0.2, 0) is 0 Å². The van der Waals surface area contributed by atoms with Crippen LogP contribution in [-0.4, -0.2) is 30.8 Å². The minimum Gasteiger partial charge on any atom is -0.476 e. The minimum atomic E-state index is -1.07. The summed E-state index contributed by atoms with van der Waals surface area (Å²) in [5.41, 5.74) is 0.489. The quantitative estimate of drug-likeness (QED) is 0.742. The van der Waals surface area contributed by atoms with Crippen molar-refractivity contribution in [2.45, 2.75) is 0 Å². The Morgan fingerprint density at radius 1 is 1.35 bits per heavy atom. The van der Waals surface area contributed by atoms with Crippen LogP contribution in [0.2, 0.25) is 0 Å². The maximum Gasteiger partial charge on any atom is 0.357 e. The molecule has 3 aromatic heterocycles. The molecular formula is C10H6N4O2S. The molecule has 0 saturated heterocycles. The molecule has 3 aromatic rings. The number of hydrogen-bond acceptors (Lipinski definition) is 5. The van der Waals surface area contributed by atoms with Crippen LogP contribution < -0.4 is 0 Å². The van der Waals surface area contributed by atoms with E-state index in [1.54, 1.807) is 29.9 Å². The topological polar surface area (TPSA) is 80.9 Å². The number of aromatic carboxylic acids is 1. The molecule has 0 unspecified atom stereocenters. The molecule has 0 radical (unpaired) electrons. The molecule has 0 spiro atoms. The van der Waals surface area contributed by atoms with Gasteiger partial charge in [-0.05, 0) is 12.1 Å². The van der Waals surface area contributed by atoms with E-state index >= 15 is 0 Å². The SMILES string of the molecule is O=C(O)c1nn(-c2nccs2)c2ncccc12. The minimum absolute atomic E-state index is 0.0108. The highest BCUT2D eigenvalue weighted by Gasteiger charge is 2.18. The second-order valence-electron chi connectivity index (χ2n) is 3.25. The third-order valence-electron chi connectivity index (χ3n) is 2.25. The highest BCUT2D eigenvalue weighted by atomic mass is 32.1. The largest absolute Gasteiger partial charge is 0.476 e. The van der Waals surface area contributed by atoms with Gasteiger partial charge in [0.05, 0.1) is 5.39 Å². The Morgan fingerprint density at radius 2 is 2.24 bits per heavy atom. The van der Waals surface area contributed by atoms with Crippen LogP contribution in [0.15, 0.2) is 29.9 Å². The summed E-state index contributed by atoms with van der Waals surface area (Å²) in [6.07, 6.45) is 3.23. The fourth-order valence-electron chi connectivity index (χ4n) is 1.56. The summed E-state index contributed by atoms with van der Waals surface area (Å²) in [6, 6.07) is 3.37. The lowest BCUT2D eigenvalue weighted by atomic mass is 10.3. The van der Waals surface area contributed by atoms with E-state index in [1.807, 2.05) is 0 Å². The molecule has 17 heavy (non-hydrogen) atoms. The molecule has 0 aliphatic carbocycles. The molecule has 1 N–H and O–H groups in total. The summed E-state index contributed by atoms with van der Waals surface area (Å²) in [4.78, 5) is 19.3. The lowest BCUT2D eigenvalue weighted by Crippen LogP contribution is -2.01. The normalized spacial score (nSPS) is 10.8. The Kier molecular flexibility index (Phi) is 2.12.